The second kappa shape index (κ2) is 4.15. The Morgan fingerprint density at radius 2 is 2.21 bits per heavy atom. The van der Waals surface area contributed by atoms with Gasteiger partial charge in [0.15, 0.2) is 0 Å². The van der Waals surface area contributed by atoms with Crippen LogP contribution in [-0.2, 0) is 16.6 Å². The monoisotopic (exact) mass is 329 g/mol. The van der Waals surface area contributed by atoms with Gasteiger partial charge in [0, 0.05) is 12.7 Å². The van der Waals surface area contributed by atoms with Crippen molar-refractivity contribution < 1.29 is 8.42 Å². The summed E-state index contributed by atoms with van der Waals surface area (Å²) in [5.74, 6) is 0.416. The van der Waals surface area contributed by atoms with Gasteiger partial charge in [-0.2, -0.15) is 5.10 Å². The van der Waals surface area contributed by atoms with Crippen molar-refractivity contribution >= 4 is 32.6 Å². The lowest BCUT2D eigenvalue weighted by molar-refractivity contribution is 0.481. The maximum Gasteiger partial charge on any atom is 0.242 e. The number of rotatable bonds is 3. The van der Waals surface area contributed by atoms with Gasteiger partial charge in [-0.25, -0.2) is 13.6 Å². The molecule has 7 heteroatoms. The molecule has 80 valence electrons. The standard InChI is InChI=1S/C7H12IN3O2S/c1-5(2)3-11-4-6(7(8)10-11)14(9,12)13/h4-5H,3H2,1-2H3,(H2,9,12,13). The van der Waals surface area contributed by atoms with Crippen LogP contribution in [0, 0.1) is 9.62 Å². The van der Waals surface area contributed by atoms with Crippen molar-refractivity contribution in [1.82, 2.24) is 9.78 Å². The van der Waals surface area contributed by atoms with Crippen molar-refractivity contribution in [2.45, 2.75) is 25.3 Å². The number of aromatic nitrogens is 2. The highest BCUT2D eigenvalue weighted by Crippen LogP contribution is 2.15. The molecule has 14 heavy (non-hydrogen) atoms. The van der Waals surface area contributed by atoms with Gasteiger partial charge in [0.05, 0.1) is 0 Å². The Morgan fingerprint density at radius 1 is 1.64 bits per heavy atom. The average molecular weight is 329 g/mol. The summed E-state index contributed by atoms with van der Waals surface area (Å²) in [6.45, 7) is 4.75. The number of nitrogens with two attached hydrogens (primary N) is 1. The Morgan fingerprint density at radius 3 is 2.57 bits per heavy atom. The third-order valence-corrected chi connectivity index (χ3v) is 3.62. The summed E-state index contributed by atoms with van der Waals surface area (Å²) in [5, 5.41) is 9.08. The minimum atomic E-state index is -3.64. The summed E-state index contributed by atoms with van der Waals surface area (Å²) in [6, 6.07) is 0. The molecule has 1 aromatic heterocycles. The molecule has 0 radical (unpaired) electrons. The first-order valence-corrected chi connectivity index (χ1v) is 6.69. The molecule has 0 aromatic carbocycles. The Hall–Kier alpha value is -0.150. The van der Waals surface area contributed by atoms with E-state index < -0.39 is 10.0 Å². The summed E-state index contributed by atoms with van der Waals surface area (Å²) in [5.41, 5.74) is 0. The average Bonchev–Trinajstić information content (AvgIpc) is 2.27. The Kier molecular flexibility index (Phi) is 3.53. The largest absolute Gasteiger partial charge is 0.270 e. The summed E-state index contributed by atoms with van der Waals surface area (Å²) >= 11 is 1.86. The van der Waals surface area contributed by atoms with E-state index >= 15 is 0 Å². The first-order chi connectivity index (χ1) is 6.30. The second-order valence-electron chi connectivity index (χ2n) is 3.45. The maximum absolute atomic E-state index is 11.1. The quantitative estimate of drug-likeness (QED) is 0.833. The van der Waals surface area contributed by atoms with Crippen LogP contribution >= 0.6 is 22.6 Å². The first-order valence-electron chi connectivity index (χ1n) is 4.06. The van der Waals surface area contributed by atoms with Crippen molar-refractivity contribution in [2.24, 2.45) is 11.1 Å². The van der Waals surface area contributed by atoms with Gasteiger partial charge >= 0.3 is 0 Å². The van der Waals surface area contributed by atoms with Crippen molar-refractivity contribution in [2.75, 3.05) is 0 Å². The van der Waals surface area contributed by atoms with Crippen LogP contribution in [0.25, 0.3) is 0 Å². The van der Waals surface area contributed by atoms with Crippen LogP contribution in [0.1, 0.15) is 13.8 Å². The number of primary sulfonamides is 1. The fourth-order valence-electron chi connectivity index (χ4n) is 1.04. The van der Waals surface area contributed by atoms with Crippen LogP contribution in [0.15, 0.2) is 11.1 Å². The molecule has 0 atom stereocenters. The molecule has 0 spiro atoms. The van der Waals surface area contributed by atoms with Crippen LogP contribution in [0.3, 0.4) is 0 Å². The van der Waals surface area contributed by atoms with E-state index in [0.717, 1.165) is 0 Å². The maximum atomic E-state index is 11.1. The highest BCUT2D eigenvalue weighted by molar-refractivity contribution is 14.1. The van der Waals surface area contributed by atoms with Crippen LogP contribution in [-0.4, -0.2) is 18.2 Å². The Balaban J connectivity index is 3.06. The van der Waals surface area contributed by atoms with Crippen LogP contribution < -0.4 is 5.14 Å². The first kappa shape index (κ1) is 11.9. The summed E-state index contributed by atoms with van der Waals surface area (Å²) in [7, 11) is -3.64. The molecule has 0 amide bonds. The fraction of sp³-hybridized carbons (Fsp3) is 0.571. The Labute approximate surface area is 96.9 Å². The molecule has 0 aliphatic carbocycles. The number of hydrogen-bond donors (Lipinski definition) is 1. The van der Waals surface area contributed by atoms with Crippen molar-refractivity contribution in [3.05, 3.63) is 9.90 Å². The molecule has 5 nitrogen and oxygen atoms in total. The highest BCUT2D eigenvalue weighted by atomic mass is 127. The topological polar surface area (TPSA) is 78.0 Å². The molecule has 0 aliphatic rings. The minimum Gasteiger partial charge on any atom is -0.270 e. The number of halogens is 1. The number of hydrogen-bond acceptors (Lipinski definition) is 3. The lowest BCUT2D eigenvalue weighted by Gasteiger charge is -2.02. The molecule has 0 fully saturated rings. The zero-order chi connectivity index (χ0) is 10.9. The van der Waals surface area contributed by atoms with E-state index in [1.807, 2.05) is 36.4 Å². The third-order valence-electron chi connectivity index (χ3n) is 1.54. The number of nitrogens with zero attached hydrogens (tertiary/aromatic N) is 2. The van der Waals surface area contributed by atoms with E-state index in [1.165, 1.54) is 6.20 Å². The Bertz CT molecular complexity index is 424. The van der Waals surface area contributed by atoms with Crippen LogP contribution in [0.5, 0.6) is 0 Å². The predicted octanol–water partition coefficient (Wildman–Crippen LogP) is 0.791. The third kappa shape index (κ3) is 2.92. The lowest BCUT2D eigenvalue weighted by Crippen LogP contribution is -2.12. The van der Waals surface area contributed by atoms with Crippen LogP contribution in [0.2, 0.25) is 0 Å². The summed E-state index contributed by atoms with van der Waals surface area (Å²) in [6.07, 6.45) is 1.47. The predicted molar refractivity (Wildman–Crippen MR) is 61.2 cm³/mol. The van der Waals surface area contributed by atoms with Crippen molar-refractivity contribution in [3.63, 3.8) is 0 Å². The summed E-state index contributed by atoms with van der Waals surface area (Å²) < 4.78 is 24.2. The minimum absolute atomic E-state index is 0.0961. The molecule has 0 unspecified atom stereocenters. The van der Waals surface area contributed by atoms with Gasteiger partial charge < -0.3 is 0 Å². The molecular weight excluding hydrogens is 317 g/mol. The van der Waals surface area contributed by atoms with E-state index in [-0.39, 0.29) is 4.90 Å². The van der Waals surface area contributed by atoms with E-state index in [4.69, 9.17) is 5.14 Å². The molecule has 1 rings (SSSR count). The molecule has 2 N–H and O–H groups in total. The fourth-order valence-corrected chi connectivity index (χ4v) is 2.92. The van der Waals surface area contributed by atoms with Gasteiger partial charge in [-0.3, -0.25) is 4.68 Å². The van der Waals surface area contributed by atoms with E-state index in [9.17, 15) is 8.42 Å². The zero-order valence-electron chi connectivity index (χ0n) is 7.94. The molecular formula is C7H12IN3O2S. The van der Waals surface area contributed by atoms with Gasteiger partial charge in [0.1, 0.15) is 8.60 Å². The smallest absolute Gasteiger partial charge is 0.242 e. The molecule has 0 aliphatic heterocycles. The molecule has 1 heterocycles. The van der Waals surface area contributed by atoms with Gasteiger partial charge in [-0.1, -0.05) is 13.8 Å². The normalized spacial score (nSPS) is 12.4. The van der Waals surface area contributed by atoms with E-state index in [2.05, 4.69) is 5.10 Å². The SMILES string of the molecule is CC(C)Cn1cc(S(N)(=O)=O)c(I)n1. The van der Waals surface area contributed by atoms with Gasteiger partial charge in [0.2, 0.25) is 10.0 Å². The van der Waals surface area contributed by atoms with Crippen molar-refractivity contribution in [1.29, 1.82) is 0 Å². The van der Waals surface area contributed by atoms with Gasteiger partial charge in [-0.15, -0.1) is 0 Å². The number of sulfonamides is 1. The molecule has 0 saturated heterocycles. The summed E-state index contributed by atoms with van der Waals surface area (Å²) in [4.78, 5) is 0.0961. The van der Waals surface area contributed by atoms with Gasteiger partial charge in [0.25, 0.3) is 0 Å². The van der Waals surface area contributed by atoms with E-state index in [0.29, 0.717) is 16.2 Å². The molecule has 0 saturated carbocycles. The lowest BCUT2D eigenvalue weighted by atomic mass is 10.2. The van der Waals surface area contributed by atoms with Crippen molar-refractivity contribution in [3.8, 4) is 0 Å². The molecule has 0 bridgehead atoms. The molecule has 1 aromatic rings. The van der Waals surface area contributed by atoms with Gasteiger partial charge in [-0.05, 0) is 28.5 Å². The van der Waals surface area contributed by atoms with Crippen LogP contribution in [0.4, 0.5) is 0 Å². The second-order valence-corrected chi connectivity index (χ2v) is 6.00. The zero-order valence-corrected chi connectivity index (χ0v) is 10.9. The van der Waals surface area contributed by atoms with E-state index in [1.54, 1.807) is 4.68 Å². The highest BCUT2D eigenvalue weighted by Gasteiger charge is 2.16.